The zero-order valence-corrected chi connectivity index (χ0v) is 12.3. The van der Waals surface area contributed by atoms with Crippen molar-refractivity contribution >= 4 is 0 Å². The number of piperidine rings is 1. The van der Waals surface area contributed by atoms with Gasteiger partial charge < -0.3 is 5.11 Å². The van der Waals surface area contributed by atoms with E-state index < -0.39 is 0 Å². The molecule has 2 fully saturated rings. The van der Waals surface area contributed by atoms with Crippen molar-refractivity contribution in [1.29, 1.82) is 0 Å². The van der Waals surface area contributed by atoms with Gasteiger partial charge in [-0.2, -0.15) is 0 Å². The summed E-state index contributed by atoms with van der Waals surface area (Å²) < 4.78 is 0. The minimum atomic E-state index is -0.0352. The van der Waals surface area contributed by atoms with Crippen LogP contribution in [0, 0.1) is 11.8 Å². The Labute approximate surface area is 113 Å². The SMILES string of the molecule is CCCC1CCC(O)CC1N1CCC(CC)CC1. The number of aliphatic hydroxyl groups excluding tert-OH is 1. The summed E-state index contributed by atoms with van der Waals surface area (Å²) in [6, 6.07) is 0.673. The summed E-state index contributed by atoms with van der Waals surface area (Å²) in [5, 5.41) is 9.97. The molecule has 3 unspecified atom stereocenters. The summed E-state index contributed by atoms with van der Waals surface area (Å²) >= 11 is 0. The summed E-state index contributed by atoms with van der Waals surface area (Å²) in [4.78, 5) is 2.70. The van der Waals surface area contributed by atoms with E-state index in [1.807, 2.05) is 0 Å². The molecule has 0 amide bonds. The van der Waals surface area contributed by atoms with Gasteiger partial charge in [0, 0.05) is 6.04 Å². The van der Waals surface area contributed by atoms with Crippen molar-refractivity contribution in [3.05, 3.63) is 0 Å². The van der Waals surface area contributed by atoms with E-state index in [4.69, 9.17) is 0 Å². The van der Waals surface area contributed by atoms with E-state index in [1.165, 1.54) is 51.6 Å². The predicted octanol–water partition coefficient (Wildman–Crippen LogP) is 3.44. The van der Waals surface area contributed by atoms with Crippen LogP contribution in [0.3, 0.4) is 0 Å². The molecule has 2 heteroatoms. The Morgan fingerprint density at radius 3 is 2.39 bits per heavy atom. The van der Waals surface area contributed by atoms with Crippen LogP contribution in [0.25, 0.3) is 0 Å². The van der Waals surface area contributed by atoms with Crippen LogP contribution in [0.1, 0.15) is 65.2 Å². The Kier molecular flexibility index (Phi) is 5.50. The van der Waals surface area contributed by atoms with Crippen LogP contribution in [0.4, 0.5) is 0 Å². The van der Waals surface area contributed by atoms with E-state index in [-0.39, 0.29) is 6.10 Å². The van der Waals surface area contributed by atoms with Crippen molar-refractivity contribution in [3.8, 4) is 0 Å². The third kappa shape index (κ3) is 3.48. The first-order valence-electron chi connectivity index (χ1n) is 8.16. The Bertz CT molecular complexity index is 235. The van der Waals surface area contributed by atoms with Gasteiger partial charge in [0.05, 0.1) is 6.10 Å². The van der Waals surface area contributed by atoms with Crippen LogP contribution in [-0.2, 0) is 0 Å². The van der Waals surface area contributed by atoms with Crippen molar-refractivity contribution in [2.75, 3.05) is 13.1 Å². The molecular weight excluding hydrogens is 222 g/mol. The van der Waals surface area contributed by atoms with E-state index in [0.717, 1.165) is 24.7 Å². The lowest BCUT2D eigenvalue weighted by molar-refractivity contribution is 0.00870. The maximum absolute atomic E-state index is 9.97. The number of hydrogen-bond donors (Lipinski definition) is 1. The zero-order chi connectivity index (χ0) is 13.0. The third-order valence-corrected chi connectivity index (χ3v) is 5.28. The molecule has 1 aliphatic carbocycles. The van der Waals surface area contributed by atoms with Gasteiger partial charge in [-0.05, 0) is 63.5 Å². The molecule has 2 rings (SSSR count). The fraction of sp³-hybridized carbons (Fsp3) is 1.00. The predicted molar refractivity (Wildman–Crippen MR) is 76.6 cm³/mol. The average molecular weight is 253 g/mol. The standard InChI is InChI=1S/C16H31NO/c1-3-5-14-6-7-15(18)12-16(14)17-10-8-13(4-2)9-11-17/h13-16,18H,3-12H2,1-2H3. The highest BCUT2D eigenvalue weighted by atomic mass is 16.3. The van der Waals surface area contributed by atoms with E-state index in [0.29, 0.717) is 6.04 Å². The van der Waals surface area contributed by atoms with Gasteiger partial charge in [0.25, 0.3) is 0 Å². The second kappa shape index (κ2) is 6.91. The van der Waals surface area contributed by atoms with Gasteiger partial charge >= 0.3 is 0 Å². The summed E-state index contributed by atoms with van der Waals surface area (Å²) in [7, 11) is 0. The summed E-state index contributed by atoms with van der Waals surface area (Å²) in [5.41, 5.74) is 0. The quantitative estimate of drug-likeness (QED) is 0.829. The normalized spacial score (nSPS) is 35.8. The molecule has 0 radical (unpaired) electrons. The number of rotatable bonds is 4. The molecule has 0 spiro atoms. The molecule has 1 heterocycles. The molecule has 2 aliphatic rings. The molecule has 18 heavy (non-hydrogen) atoms. The molecule has 1 N–H and O–H groups in total. The Hall–Kier alpha value is -0.0800. The van der Waals surface area contributed by atoms with Crippen LogP contribution in [-0.4, -0.2) is 35.2 Å². The van der Waals surface area contributed by atoms with Crippen molar-refractivity contribution in [1.82, 2.24) is 4.90 Å². The number of nitrogens with zero attached hydrogens (tertiary/aromatic N) is 1. The topological polar surface area (TPSA) is 23.5 Å². The highest BCUT2D eigenvalue weighted by molar-refractivity contribution is 4.88. The molecule has 106 valence electrons. The molecule has 0 bridgehead atoms. The highest BCUT2D eigenvalue weighted by Crippen LogP contribution is 2.34. The Balaban J connectivity index is 1.91. The lowest BCUT2D eigenvalue weighted by Crippen LogP contribution is -2.48. The number of aliphatic hydroxyl groups is 1. The van der Waals surface area contributed by atoms with E-state index in [1.54, 1.807) is 0 Å². The van der Waals surface area contributed by atoms with E-state index in [9.17, 15) is 5.11 Å². The molecule has 0 aromatic carbocycles. The third-order valence-electron chi connectivity index (χ3n) is 5.28. The summed E-state index contributed by atoms with van der Waals surface area (Å²) in [5.74, 6) is 1.80. The fourth-order valence-corrected chi connectivity index (χ4v) is 4.04. The maximum atomic E-state index is 9.97. The Morgan fingerprint density at radius 2 is 1.78 bits per heavy atom. The van der Waals surface area contributed by atoms with Crippen LogP contribution in [0.2, 0.25) is 0 Å². The molecule has 3 atom stereocenters. The molecule has 1 saturated heterocycles. The first-order valence-corrected chi connectivity index (χ1v) is 8.16. The van der Waals surface area contributed by atoms with Crippen molar-refractivity contribution in [3.63, 3.8) is 0 Å². The number of hydrogen-bond acceptors (Lipinski definition) is 2. The van der Waals surface area contributed by atoms with Crippen LogP contribution in [0.15, 0.2) is 0 Å². The largest absolute Gasteiger partial charge is 0.393 e. The molecule has 1 saturated carbocycles. The van der Waals surface area contributed by atoms with Gasteiger partial charge in [-0.15, -0.1) is 0 Å². The van der Waals surface area contributed by atoms with Crippen molar-refractivity contribution < 1.29 is 5.11 Å². The van der Waals surface area contributed by atoms with Gasteiger partial charge in [0.1, 0.15) is 0 Å². The second-order valence-corrected chi connectivity index (χ2v) is 6.47. The minimum absolute atomic E-state index is 0.0352. The Morgan fingerprint density at radius 1 is 1.06 bits per heavy atom. The van der Waals surface area contributed by atoms with E-state index >= 15 is 0 Å². The van der Waals surface area contributed by atoms with Gasteiger partial charge in [-0.25, -0.2) is 0 Å². The summed E-state index contributed by atoms with van der Waals surface area (Å²) in [6.45, 7) is 7.17. The van der Waals surface area contributed by atoms with E-state index in [2.05, 4.69) is 18.7 Å². The van der Waals surface area contributed by atoms with Gasteiger partial charge in [-0.3, -0.25) is 4.90 Å². The maximum Gasteiger partial charge on any atom is 0.0555 e. The molecule has 2 nitrogen and oxygen atoms in total. The first-order chi connectivity index (χ1) is 8.74. The molecule has 0 aromatic rings. The average Bonchev–Trinajstić information content (AvgIpc) is 2.41. The van der Waals surface area contributed by atoms with Crippen molar-refractivity contribution in [2.45, 2.75) is 77.4 Å². The van der Waals surface area contributed by atoms with Crippen LogP contribution in [0.5, 0.6) is 0 Å². The van der Waals surface area contributed by atoms with Crippen molar-refractivity contribution in [2.24, 2.45) is 11.8 Å². The van der Waals surface area contributed by atoms with Crippen LogP contribution >= 0.6 is 0 Å². The monoisotopic (exact) mass is 253 g/mol. The highest BCUT2D eigenvalue weighted by Gasteiger charge is 2.34. The molecule has 0 aromatic heterocycles. The summed E-state index contributed by atoms with van der Waals surface area (Å²) in [6.07, 6.45) is 10.0. The lowest BCUT2D eigenvalue weighted by atomic mass is 9.78. The second-order valence-electron chi connectivity index (χ2n) is 6.47. The minimum Gasteiger partial charge on any atom is -0.393 e. The lowest BCUT2D eigenvalue weighted by Gasteiger charge is -2.44. The molecule has 1 aliphatic heterocycles. The number of likely N-dealkylation sites (tertiary alicyclic amines) is 1. The zero-order valence-electron chi connectivity index (χ0n) is 12.3. The first kappa shape index (κ1) is 14.3. The van der Waals surface area contributed by atoms with Gasteiger partial charge in [0.15, 0.2) is 0 Å². The van der Waals surface area contributed by atoms with Gasteiger partial charge in [-0.1, -0.05) is 26.7 Å². The smallest absolute Gasteiger partial charge is 0.0555 e. The molecular formula is C16H31NO. The fourth-order valence-electron chi connectivity index (χ4n) is 4.04. The van der Waals surface area contributed by atoms with Crippen LogP contribution < -0.4 is 0 Å². The van der Waals surface area contributed by atoms with Gasteiger partial charge in [0.2, 0.25) is 0 Å².